The molecule has 0 saturated carbocycles. The molecule has 1 unspecified atom stereocenters. The van der Waals surface area contributed by atoms with E-state index in [1.54, 1.807) is 19.1 Å². The summed E-state index contributed by atoms with van der Waals surface area (Å²) in [6.45, 7) is 0.901. The van der Waals surface area contributed by atoms with Crippen LogP contribution < -0.4 is 19.7 Å². The van der Waals surface area contributed by atoms with Crippen molar-refractivity contribution < 1.29 is 19.1 Å². The number of ether oxygens (including phenoxy) is 2. The number of amides is 2. The molecule has 0 bridgehead atoms. The third-order valence-electron chi connectivity index (χ3n) is 4.74. The topological polar surface area (TPSA) is 67.9 Å². The van der Waals surface area contributed by atoms with Crippen LogP contribution in [0.1, 0.15) is 12.0 Å². The molecule has 1 saturated heterocycles. The van der Waals surface area contributed by atoms with E-state index in [2.05, 4.69) is 5.32 Å². The third kappa shape index (κ3) is 4.39. The molecule has 0 radical (unpaired) electrons. The lowest BCUT2D eigenvalue weighted by molar-refractivity contribution is -0.126. The van der Waals surface area contributed by atoms with Crippen molar-refractivity contribution in [2.24, 2.45) is 5.92 Å². The molecule has 1 aliphatic heterocycles. The number of carbonyl (C=O) groups excluding carboxylic acids is 2. The molecule has 0 spiro atoms. The first-order valence-electron chi connectivity index (χ1n) is 8.96. The molecular formula is C21H24N2O4. The molecule has 27 heavy (non-hydrogen) atoms. The first kappa shape index (κ1) is 18.8. The molecule has 3 rings (SSSR count). The highest BCUT2D eigenvalue weighted by Crippen LogP contribution is 2.32. The number of nitrogens with zero attached hydrogens (tertiary/aromatic N) is 1. The minimum atomic E-state index is -0.349. The van der Waals surface area contributed by atoms with Gasteiger partial charge in [-0.2, -0.15) is 0 Å². The van der Waals surface area contributed by atoms with Crippen molar-refractivity contribution in [3.63, 3.8) is 0 Å². The van der Waals surface area contributed by atoms with Crippen LogP contribution in [0, 0.1) is 5.92 Å². The van der Waals surface area contributed by atoms with Crippen LogP contribution in [0.5, 0.6) is 11.5 Å². The first-order valence-corrected chi connectivity index (χ1v) is 8.96. The summed E-state index contributed by atoms with van der Waals surface area (Å²) in [5.74, 6) is 0.942. The van der Waals surface area contributed by atoms with Gasteiger partial charge in [0.1, 0.15) is 11.5 Å². The van der Waals surface area contributed by atoms with E-state index < -0.39 is 0 Å². The number of rotatable bonds is 7. The highest BCUT2D eigenvalue weighted by molar-refractivity contribution is 6.01. The molecule has 1 atom stereocenters. The molecule has 6 heteroatoms. The van der Waals surface area contributed by atoms with E-state index in [1.807, 2.05) is 48.5 Å². The predicted molar refractivity (Wildman–Crippen MR) is 103 cm³/mol. The van der Waals surface area contributed by atoms with Gasteiger partial charge in [0.25, 0.3) is 0 Å². The summed E-state index contributed by atoms with van der Waals surface area (Å²) in [5.41, 5.74) is 1.83. The Morgan fingerprint density at radius 1 is 1.11 bits per heavy atom. The molecule has 0 aromatic heterocycles. The Labute approximate surface area is 159 Å². The zero-order valence-electron chi connectivity index (χ0n) is 15.6. The molecule has 142 valence electrons. The van der Waals surface area contributed by atoms with Crippen LogP contribution >= 0.6 is 0 Å². The van der Waals surface area contributed by atoms with Gasteiger partial charge in [0.05, 0.1) is 25.8 Å². The fourth-order valence-electron chi connectivity index (χ4n) is 3.24. The van der Waals surface area contributed by atoms with Gasteiger partial charge < -0.3 is 19.7 Å². The SMILES string of the molecule is COc1ccc(CCNC(=O)C2CC(=O)N(c3ccccc3OC)C2)cc1. The predicted octanol–water partition coefficient (Wildman–Crippen LogP) is 2.42. The van der Waals surface area contributed by atoms with E-state index >= 15 is 0 Å². The lowest BCUT2D eigenvalue weighted by Crippen LogP contribution is -2.34. The number of methoxy groups -OCH3 is 2. The summed E-state index contributed by atoms with van der Waals surface area (Å²) in [7, 11) is 3.20. The molecule has 6 nitrogen and oxygen atoms in total. The standard InChI is InChI=1S/C21H24N2O4/c1-26-17-9-7-15(8-10-17)11-12-22-21(25)16-13-20(24)23(14-16)18-5-3-4-6-19(18)27-2/h3-10,16H,11-14H2,1-2H3,(H,22,25). The van der Waals surface area contributed by atoms with Crippen molar-refractivity contribution in [2.75, 3.05) is 32.2 Å². The van der Waals surface area contributed by atoms with E-state index in [0.717, 1.165) is 17.7 Å². The second-order valence-corrected chi connectivity index (χ2v) is 6.47. The van der Waals surface area contributed by atoms with Crippen LogP contribution in [0.25, 0.3) is 0 Å². The minimum Gasteiger partial charge on any atom is -0.497 e. The van der Waals surface area contributed by atoms with Crippen molar-refractivity contribution in [3.8, 4) is 11.5 Å². The average Bonchev–Trinajstić information content (AvgIpc) is 3.10. The van der Waals surface area contributed by atoms with Crippen LogP contribution in [0.3, 0.4) is 0 Å². The summed E-state index contributed by atoms with van der Waals surface area (Å²) >= 11 is 0. The zero-order chi connectivity index (χ0) is 19.2. The Kier molecular flexibility index (Phi) is 5.96. The van der Waals surface area contributed by atoms with Crippen LogP contribution in [-0.2, 0) is 16.0 Å². The molecule has 2 aromatic rings. The normalized spacial score (nSPS) is 16.3. The van der Waals surface area contributed by atoms with Gasteiger partial charge in [-0.1, -0.05) is 24.3 Å². The fourth-order valence-corrected chi connectivity index (χ4v) is 3.24. The summed E-state index contributed by atoms with van der Waals surface area (Å²) in [6, 6.07) is 15.1. The van der Waals surface area contributed by atoms with Gasteiger partial charge in [-0.25, -0.2) is 0 Å². The van der Waals surface area contributed by atoms with Crippen molar-refractivity contribution in [1.29, 1.82) is 0 Å². The number of para-hydroxylation sites is 2. The van der Waals surface area contributed by atoms with E-state index in [1.165, 1.54) is 0 Å². The van der Waals surface area contributed by atoms with Gasteiger partial charge in [-0.05, 0) is 36.2 Å². The number of nitrogens with one attached hydrogen (secondary N) is 1. The van der Waals surface area contributed by atoms with Crippen molar-refractivity contribution in [2.45, 2.75) is 12.8 Å². The van der Waals surface area contributed by atoms with Crippen LogP contribution in [0.4, 0.5) is 5.69 Å². The maximum atomic E-state index is 12.5. The number of carbonyl (C=O) groups is 2. The Bertz CT molecular complexity index is 804. The maximum Gasteiger partial charge on any atom is 0.227 e. The third-order valence-corrected chi connectivity index (χ3v) is 4.74. The summed E-state index contributed by atoms with van der Waals surface area (Å²) in [6.07, 6.45) is 0.943. The lowest BCUT2D eigenvalue weighted by atomic mass is 10.1. The highest BCUT2D eigenvalue weighted by atomic mass is 16.5. The molecule has 1 heterocycles. The van der Waals surface area contributed by atoms with Crippen LogP contribution in [-0.4, -0.2) is 39.1 Å². The van der Waals surface area contributed by atoms with Gasteiger partial charge >= 0.3 is 0 Å². The Morgan fingerprint density at radius 3 is 2.56 bits per heavy atom. The average molecular weight is 368 g/mol. The second-order valence-electron chi connectivity index (χ2n) is 6.47. The van der Waals surface area contributed by atoms with Crippen molar-refractivity contribution in [1.82, 2.24) is 5.32 Å². The molecule has 2 amide bonds. The monoisotopic (exact) mass is 368 g/mol. The highest BCUT2D eigenvalue weighted by Gasteiger charge is 2.36. The van der Waals surface area contributed by atoms with Crippen LogP contribution in [0.15, 0.2) is 48.5 Å². The quantitative estimate of drug-likeness (QED) is 0.815. The number of benzene rings is 2. The largest absolute Gasteiger partial charge is 0.497 e. The van der Waals surface area contributed by atoms with Gasteiger partial charge in [0.2, 0.25) is 11.8 Å². The molecule has 1 aliphatic rings. The van der Waals surface area contributed by atoms with Crippen molar-refractivity contribution >= 4 is 17.5 Å². The lowest BCUT2D eigenvalue weighted by Gasteiger charge is -2.19. The Balaban J connectivity index is 1.54. The van der Waals surface area contributed by atoms with Gasteiger partial charge in [0.15, 0.2) is 0 Å². The van der Waals surface area contributed by atoms with E-state index in [9.17, 15) is 9.59 Å². The second kappa shape index (κ2) is 8.58. The summed E-state index contributed by atoms with van der Waals surface area (Å²) in [4.78, 5) is 26.5. The number of hydrogen-bond acceptors (Lipinski definition) is 4. The molecule has 0 aliphatic carbocycles. The maximum absolute atomic E-state index is 12.5. The first-order chi connectivity index (χ1) is 13.1. The molecule has 1 fully saturated rings. The zero-order valence-corrected chi connectivity index (χ0v) is 15.6. The molecule has 1 N–H and O–H groups in total. The van der Waals surface area contributed by atoms with Crippen molar-refractivity contribution in [3.05, 3.63) is 54.1 Å². The Morgan fingerprint density at radius 2 is 1.85 bits per heavy atom. The summed E-state index contributed by atoms with van der Waals surface area (Å²) in [5, 5.41) is 2.94. The van der Waals surface area contributed by atoms with Crippen LogP contribution in [0.2, 0.25) is 0 Å². The number of hydrogen-bond donors (Lipinski definition) is 1. The molecule has 2 aromatic carbocycles. The Hall–Kier alpha value is -3.02. The van der Waals surface area contributed by atoms with E-state index in [0.29, 0.717) is 24.5 Å². The van der Waals surface area contributed by atoms with Gasteiger partial charge in [-0.3, -0.25) is 9.59 Å². The number of anilines is 1. The smallest absolute Gasteiger partial charge is 0.227 e. The molecular weight excluding hydrogens is 344 g/mol. The van der Waals surface area contributed by atoms with E-state index in [-0.39, 0.29) is 24.2 Å². The van der Waals surface area contributed by atoms with Gasteiger partial charge in [0, 0.05) is 19.5 Å². The van der Waals surface area contributed by atoms with E-state index in [4.69, 9.17) is 9.47 Å². The summed E-state index contributed by atoms with van der Waals surface area (Å²) < 4.78 is 10.5. The van der Waals surface area contributed by atoms with Gasteiger partial charge in [-0.15, -0.1) is 0 Å². The fraction of sp³-hybridized carbons (Fsp3) is 0.333. The minimum absolute atomic E-state index is 0.0604.